The molecule has 2 aromatic carbocycles. The first kappa shape index (κ1) is 19.3. The van der Waals surface area contributed by atoms with Crippen LogP contribution in [-0.2, 0) is 4.74 Å². The van der Waals surface area contributed by atoms with Gasteiger partial charge >= 0.3 is 5.97 Å². The van der Waals surface area contributed by atoms with E-state index >= 15 is 0 Å². The number of nitrogens with zero attached hydrogens (tertiary/aromatic N) is 3. The van der Waals surface area contributed by atoms with Crippen molar-refractivity contribution in [3.63, 3.8) is 0 Å². The fourth-order valence-electron chi connectivity index (χ4n) is 3.07. The smallest absolute Gasteiger partial charge is 0.338 e. The lowest BCUT2D eigenvalue weighted by Gasteiger charge is -2.37. The molecule has 0 amide bonds. The third kappa shape index (κ3) is 4.09. The van der Waals surface area contributed by atoms with E-state index in [4.69, 9.17) is 23.2 Å². The first-order valence-corrected chi connectivity index (χ1v) is 8.98. The van der Waals surface area contributed by atoms with Crippen LogP contribution in [0.2, 0.25) is 10.0 Å². The van der Waals surface area contributed by atoms with Crippen LogP contribution in [0.5, 0.6) is 0 Å². The maximum absolute atomic E-state index is 11.6. The maximum atomic E-state index is 11.6. The summed E-state index contributed by atoms with van der Waals surface area (Å²) in [5.41, 5.74) is 1.49. The number of nitro groups is 1. The molecule has 0 N–H and O–H groups in total. The molecule has 0 aliphatic carbocycles. The molecule has 0 saturated carbocycles. The maximum Gasteiger partial charge on any atom is 0.338 e. The highest BCUT2D eigenvalue weighted by atomic mass is 35.5. The van der Waals surface area contributed by atoms with Crippen molar-refractivity contribution in [2.24, 2.45) is 0 Å². The van der Waals surface area contributed by atoms with E-state index in [1.807, 2.05) is 17.0 Å². The number of anilines is 2. The molecule has 1 aliphatic rings. The van der Waals surface area contributed by atoms with E-state index in [1.54, 1.807) is 18.2 Å². The van der Waals surface area contributed by atoms with Crippen molar-refractivity contribution < 1.29 is 14.5 Å². The molecule has 3 rings (SSSR count). The molecule has 9 heteroatoms. The summed E-state index contributed by atoms with van der Waals surface area (Å²) in [6.07, 6.45) is 0. The molecule has 7 nitrogen and oxygen atoms in total. The van der Waals surface area contributed by atoms with E-state index in [-0.39, 0.29) is 11.3 Å². The van der Waals surface area contributed by atoms with Crippen LogP contribution >= 0.6 is 23.2 Å². The molecule has 0 unspecified atom stereocenters. The Morgan fingerprint density at radius 3 is 2.30 bits per heavy atom. The van der Waals surface area contributed by atoms with Gasteiger partial charge in [0.1, 0.15) is 5.69 Å². The number of halogens is 2. The monoisotopic (exact) mass is 409 g/mol. The third-order valence-electron chi connectivity index (χ3n) is 4.48. The van der Waals surface area contributed by atoms with Crippen molar-refractivity contribution >= 4 is 46.2 Å². The number of benzene rings is 2. The van der Waals surface area contributed by atoms with Gasteiger partial charge in [-0.15, -0.1) is 0 Å². The lowest BCUT2D eigenvalue weighted by atomic mass is 10.1. The van der Waals surface area contributed by atoms with Crippen molar-refractivity contribution in [3.8, 4) is 0 Å². The van der Waals surface area contributed by atoms with Crippen molar-refractivity contribution in [2.75, 3.05) is 43.1 Å². The first-order valence-electron chi connectivity index (χ1n) is 8.22. The molecule has 1 aliphatic heterocycles. The Kier molecular flexibility index (Phi) is 5.72. The summed E-state index contributed by atoms with van der Waals surface area (Å²) in [7, 11) is 1.24. The van der Waals surface area contributed by atoms with E-state index in [1.165, 1.54) is 13.2 Å². The van der Waals surface area contributed by atoms with Gasteiger partial charge in [-0.3, -0.25) is 10.1 Å². The number of esters is 1. The minimum Gasteiger partial charge on any atom is -0.465 e. The summed E-state index contributed by atoms with van der Waals surface area (Å²) < 4.78 is 4.64. The molecule has 1 saturated heterocycles. The average Bonchev–Trinajstić information content (AvgIpc) is 2.69. The van der Waals surface area contributed by atoms with Crippen LogP contribution in [0.4, 0.5) is 17.1 Å². The number of hydrogen-bond donors (Lipinski definition) is 0. The van der Waals surface area contributed by atoms with E-state index < -0.39 is 10.9 Å². The summed E-state index contributed by atoms with van der Waals surface area (Å²) >= 11 is 12.0. The molecular weight excluding hydrogens is 393 g/mol. The Morgan fingerprint density at radius 1 is 1.04 bits per heavy atom. The van der Waals surface area contributed by atoms with Crippen molar-refractivity contribution in [2.45, 2.75) is 0 Å². The number of carbonyl (C=O) groups is 1. The van der Waals surface area contributed by atoms with E-state index in [2.05, 4.69) is 9.64 Å². The average molecular weight is 410 g/mol. The zero-order valence-electron chi connectivity index (χ0n) is 14.5. The van der Waals surface area contributed by atoms with Gasteiger partial charge in [-0.1, -0.05) is 23.2 Å². The van der Waals surface area contributed by atoms with Crippen LogP contribution in [0, 0.1) is 10.1 Å². The Morgan fingerprint density at radius 2 is 1.70 bits per heavy atom. The van der Waals surface area contributed by atoms with Crippen LogP contribution in [0.3, 0.4) is 0 Å². The van der Waals surface area contributed by atoms with E-state index in [0.717, 1.165) is 5.69 Å². The number of hydrogen-bond acceptors (Lipinski definition) is 6. The number of nitro benzene ring substituents is 1. The second-order valence-electron chi connectivity index (χ2n) is 6.02. The summed E-state index contributed by atoms with van der Waals surface area (Å²) in [6.45, 7) is 2.54. The van der Waals surface area contributed by atoms with Gasteiger partial charge in [-0.2, -0.15) is 0 Å². The van der Waals surface area contributed by atoms with Gasteiger partial charge in [-0.25, -0.2) is 4.79 Å². The third-order valence-corrected chi connectivity index (χ3v) is 5.22. The van der Waals surface area contributed by atoms with Gasteiger partial charge in [-0.05, 0) is 30.3 Å². The number of methoxy groups -OCH3 is 1. The van der Waals surface area contributed by atoms with Gasteiger partial charge < -0.3 is 14.5 Å². The lowest BCUT2D eigenvalue weighted by molar-refractivity contribution is -0.384. The van der Waals surface area contributed by atoms with Crippen LogP contribution < -0.4 is 9.80 Å². The van der Waals surface area contributed by atoms with Gasteiger partial charge in [0.15, 0.2) is 0 Å². The molecule has 1 heterocycles. The zero-order valence-corrected chi connectivity index (χ0v) is 16.0. The Hall–Kier alpha value is -2.51. The normalized spacial score (nSPS) is 14.2. The quantitative estimate of drug-likeness (QED) is 0.431. The van der Waals surface area contributed by atoms with E-state index in [0.29, 0.717) is 41.9 Å². The Labute approximate surface area is 166 Å². The van der Waals surface area contributed by atoms with E-state index in [9.17, 15) is 14.9 Å². The number of ether oxygens (including phenoxy) is 1. The minimum atomic E-state index is -0.603. The van der Waals surface area contributed by atoms with Crippen molar-refractivity contribution in [1.29, 1.82) is 0 Å². The standard InChI is InChI=1S/C18H17Cl2N3O4/c1-27-18(24)12-2-5-16(17(10-12)23(25)26)22-8-6-21(7-9-22)13-3-4-14(19)15(20)11-13/h2-5,10-11H,6-9H2,1H3. The van der Waals surface area contributed by atoms with Gasteiger partial charge in [0.2, 0.25) is 0 Å². The van der Waals surface area contributed by atoms with Crippen molar-refractivity contribution in [1.82, 2.24) is 0 Å². The van der Waals surface area contributed by atoms with Crippen LogP contribution in [0.15, 0.2) is 36.4 Å². The van der Waals surface area contributed by atoms with Crippen LogP contribution in [0.1, 0.15) is 10.4 Å². The molecule has 0 radical (unpaired) electrons. The molecule has 0 spiro atoms. The predicted molar refractivity (Wildman–Crippen MR) is 105 cm³/mol. The molecule has 142 valence electrons. The highest BCUT2D eigenvalue weighted by Crippen LogP contribution is 2.32. The molecule has 0 atom stereocenters. The number of carbonyl (C=O) groups excluding carboxylic acids is 1. The molecule has 0 aromatic heterocycles. The summed E-state index contributed by atoms with van der Waals surface area (Å²) in [5, 5.41) is 12.5. The van der Waals surface area contributed by atoms with Crippen LogP contribution in [-0.4, -0.2) is 44.2 Å². The Balaban J connectivity index is 1.78. The summed E-state index contributed by atoms with van der Waals surface area (Å²) in [6, 6.07) is 9.86. The molecular formula is C18H17Cl2N3O4. The SMILES string of the molecule is COC(=O)c1ccc(N2CCN(c3ccc(Cl)c(Cl)c3)CC2)c([N+](=O)[O-])c1. The summed E-state index contributed by atoms with van der Waals surface area (Å²) in [4.78, 5) is 26.7. The Bertz CT molecular complexity index is 883. The van der Waals surface area contributed by atoms with Crippen LogP contribution in [0.25, 0.3) is 0 Å². The molecule has 2 aromatic rings. The van der Waals surface area contributed by atoms with Gasteiger partial charge in [0, 0.05) is 37.9 Å². The van der Waals surface area contributed by atoms with Crippen molar-refractivity contribution in [3.05, 3.63) is 62.1 Å². The number of piperazine rings is 1. The fourth-order valence-corrected chi connectivity index (χ4v) is 3.36. The second kappa shape index (κ2) is 8.02. The predicted octanol–water partition coefficient (Wildman–Crippen LogP) is 4.01. The topological polar surface area (TPSA) is 75.9 Å². The van der Waals surface area contributed by atoms with Gasteiger partial charge in [0.25, 0.3) is 5.69 Å². The molecule has 27 heavy (non-hydrogen) atoms. The zero-order chi connectivity index (χ0) is 19.6. The second-order valence-corrected chi connectivity index (χ2v) is 6.84. The fraction of sp³-hybridized carbons (Fsp3) is 0.278. The number of rotatable bonds is 4. The lowest BCUT2D eigenvalue weighted by Crippen LogP contribution is -2.46. The largest absolute Gasteiger partial charge is 0.465 e. The minimum absolute atomic E-state index is 0.110. The van der Waals surface area contributed by atoms with Gasteiger partial charge in [0.05, 0.1) is 27.6 Å². The highest BCUT2D eigenvalue weighted by Gasteiger charge is 2.25. The highest BCUT2D eigenvalue weighted by molar-refractivity contribution is 6.42. The molecule has 1 fully saturated rings. The molecule has 0 bridgehead atoms. The first-order chi connectivity index (χ1) is 12.9. The summed E-state index contributed by atoms with van der Waals surface area (Å²) in [5.74, 6) is -0.603.